The van der Waals surface area contributed by atoms with E-state index in [-0.39, 0.29) is 11.8 Å². The second-order valence-corrected chi connectivity index (χ2v) is 6.72. The first-order valence-corrected chi connectivity index (χ1v) is 7.82. The molecule has 3 nitrogen and oxygen atoms in total. The predicted molar refractivity (Wildman–Crippen MR) is 77.3 cm³/mol. The molecule has 19 heavy (non-hydrogen) atoms. The van der Waals surface area contributed by atoms with Crippen molar-refractivity contribution in [3.05, 3.63) is 29.8 Å². The van der Waals surface area contributed by atoms with Crippen LogP contribution in [0.1, 0.15) is 24.8 Å². The first kappa shape index (κ1) is 13.4. The van der Waals surface area contributed by atoms with Gasteiger partial charge in [-0.15, -0.1) is 11.8 Å². The molecule has 0 aromatic heterocycles. The van der Waals surface area contributed by atoms with Crippen LogP contribution in [0.15, 0.2) is 29.2 Å². The fourth-order valence-electron chi connectivity index (χ4n) is 2.87. The van der Waals surface area contributed by atoms with Gasteiger partial charge in [0.15, 0.2) is 5.79 Å². The predicted octanol–water partition coefficient (Wildman–Crippen LogP) is 2.71. The van der Waals surface area contributed by atoms with Crippen LogP contribution < -0.4 is 5.73 Å². The van der Waals surface area contributed by atoms with E-state index >= 15 is 0 Å². The lowest BCUT2D eigenvalue weighted by atomic mass is 9.90. The summed E-state index contributed by atoms with van der Waals surface area (Å²) in [4.78, 5) is 1.32. The molecule has 2 atom stereocenters. The third-order valence-corrected chi connectivity index (χ3v) is 5.56. The van der Waals surface area contributed by atoms with Crippen molar-refractivity contribution in [3.63, 3.8) is 0 Å². The minimum Gasteiger partial charge on any atom is -0.347 e. The molecule has 1 aromatic rings. The molecule has 1 saturated heterocycles. The van der Waals surface area contributed by atoms with Crippen molar-refractivity contribution in [1.29, 1.82) is 0 Å². The lowest BCUT2D eigenvalue weighted by molar-refractivity contribution is -0.176. The second-order valence-electron chi connectivity index (χ2n) is 5.44. The van der Waals surface area contributed by atoms with Crippen LogP contribution in [0, 0.1) is 6.92 Å². The SMILES string of the molecule is Cc1ccccc1SC1CC2(CCC1N)OCCO2. The molecule has 2 N–H and O–H groups in total. The van der Waals surface area contributed by atoms with Gasteiger partial charge in [0.2, 0.25) is 0 Å². The summed E-state index contributed by atoms with van der Waals surface area (Å²) >= 11 is 1.88. The Hall–Kier alpha value is -0.550. The Balaban J connectivity index is 1.73. The van der Waals surface area contributed by atoms with Crippen LogP contribution in [-0.4, -0.2) is 30.3 Å². The first-order chi connectivity index (χ1) is 9.19. The van der Waals surface area contributed by atoms with Gasteiger partial charge in [0.25, 0.3) is 0 Å². The fourth-order valence-corrected chi connectivity index (χ4v) is 4.26. The fraction of sp³-hybridized carbons (Fsp3) is 0.600. The van der Waals surface area contributed by atoms with Crippen LogP contribution in [0.3, 0.4) is 0 Å². The van der Waals surface area contributed by atoms with Gasteiger partial charge in [0.05, 0.1) is 13.2 Å². The van der Waals surface area contributed by atoms with E-state index in [0.717, 1.165) is 32.5 Å². The molecule has 0 radical (unpaired) electrons. The summed E-state index contributed by atoms with van der Waals surface area (Å²) in [6, 6.07) is 8.70. The van der Waals surface area contributed by atoms with Gasteiger partial charge in [-0.2, -0.15) is 0 Å². The molecule has 2 fully saturated rings. The molecule has 1 aliphatic heterocycles. The number of ether oxygens (including phenoxy) is 2. The minimum absolute atomic E-state index is 0.225. The molecule has 0 bridgehead atoms. The van der Waals surface area contributed by atoms with Crippen LogP contribution in [0.4, 0.5) is 0 Å². The molecular weight excluding hydrogens is 258 g/mol. The third kappa shape index (κ3) is 2.82. The second kappa shape index (κ2) is 5.44. The summed E-state index contributed by atoms with van der Waals surface area (Å²) in [6.45, 7) is 3.59. The van der Waals surface area contributed by atoms with Gasteiger partial charge in [-0.25, -0.2) is 0 Å². The molecule has 1 saturated carbocycles. The normalized spacial score (nSPS) is 29.8. The van der Waals surface area contributed by atoms with Crippen molar-refractivity contribution in [2.45, 2.75) is 48.2 Å². The highest BCUT2D eigenvalue weighted by Crippen LogP contribution is 2.42. The number of benzene rings is 1. The van der Waals surface area contributed by atoms with E-state index in [0.29, 0.717) is 5.25 Å². The average Bonchev–Trinajstić information content (AvgIpc) is 2.85. The summed E-state index contributed by atoms with van der Waals surface area (Å²) < 4.78 is 11.7. The van der Waals surface area contributed by atoms with E-state index in [1.807, 2.05) is 11.8 Å². The van der Waals surface area contributed by atoms with Crippen LogP contribution in [0.2, 0.25) is 0 Å². The molecule has 3 rings (SSSR count). The summed E-state index contributed by atoms with van der Waals surface area (Å²) in [5, 5.41) is 0.368. The Kier molecular flexibility index (Phi) is 3.85. The van der Waals surface area contributed by atoms with E-state index in [2.05, 4.69) is 31.2 Å². The van der Waals surface area contributed by atoms with Crippen LogP contribution in [0.5, 0.6) is 0 Å². The van der Waals surface area contributed by atoms with Gasteiger partial charge in [0, 0.05) is 29.0 Å². The van der Waals surface area contributed by atoms with Gasteiger partial charge < -0.3 is 15.2 Å². The van der Waals surface area contributed by atoms with E-state index in [9.17, 15) is 0 Å². The molecule has 1 spiro atoms. The number of nitrogens with two attached hydrogens (primary N) is 1. The van der Waals surface area contributed by atoms with Gasteiger partial charge in [-0.05, 0) is 25.0 Å². The van der Waals surface area contributed by atoms with Gasteiger partial charge >= 0.3 is 0 Å². The van der Waals surface area contributed by atoms with Crippen molar-refractivity contribution < 1.29 is 9.47 Å². The lowest BCUT2D eigenvalue weighted by Gasteiger charge is -2.39. The molecule has 4 heteroatoms. The standard InChI is InChI=1S/C15H21NO2S/c1-11-4-2-3-5-13(11)19-14-10-15(7-6-12(14)16)17-8-9-18-15/h2-5,12,14H,6-10,16H2,1H3. The lowest BCUT2D eigenvalue weighted by Crippen LogP contribution is -2.47. The van der Waals surface area contributed by atoms with E-state index < -0.39 is 0 Å². The summed E-state index contributed by atoms with van der Waals surface area (Å²) in [7, 11) is 0. The number of aryl methyl sites for hydroxylation is 1. The molecule has 1 heterocycles. The maximum absolute atomic E-state index is 6.30. The van der Waals surface area contributed by atoms with Gasteiger partial charge in [0.1, 0.15) is 0 Å². The molecule has 2 unspecified atom stereocenters. The Morgan fingerprint density at radius 2 is 2.00 bits per heavy atom. The number of hydrogen-bond donors (Lipinski definition) is 1. The quantitative estimate of drug-likeness (QED) is 0.904. The maximum Gasteiger partial charge on any atom is 0.169 e. The average molecular weight is 279 g/mol. The smallest absolute Gasteiger partial charge is 0.169 e. The van der Waals surface area contributed by atoms with Crippen molar-refractivity contribution in [1.82, 2.24) is 0 Å². The molecule has 1 aliphatic carbocycles. The van der Waals surface area contributed by atoms with Crippen molar-refractivity contribution in [2.24, 2.45) is 5.73 Å². The zero-order chi connectivity index (χ0) is 13.3. The van der Waals surface area contributed by atoms with E-state index in [1.54, 1.807) is 0 Å². The van der Waals surface area contributed by atoms with Gasteiger partial charge in [-0.1, -0.05) is 18.2 Å². The number of hydrogen-bond acceptors (Lipinski definition) is 4. The van der Waals surface area contributed by atoms with Crippen molar-refractivity contribution >= 4 is 11.8 Å². The summed E-state index contributed by atoms with van der Waals surface area (Å²) in [5.74, 6) is -0.351. The van der Waals surface area contributed by atoms with Gasteiger partial charge in [-0.3, -0.25) is 0 Å². The molecule has 0 amide bonds. The van der Waals surface area contributed by atoms with E-state index in [1.165, 1.54) is 10.5 Å². The zero-order valence-corrected chi connectivity index (χ0v) is 12.1. The summed E-state index contributed by atoms with van der Waals surface area (Å²) in [6.07, 6.45) is 2.80. The monoisotopic (exact) mass is 279 g/mol. The molecule has 1 aromatic carbocycles. The summed E-state index contributed by atoms with van der Waals surface area (Å²) in [5.41, 5.74) is 7.61. The topological polar surface area (TPSA) is 44.5 Å². The third-order valence-electron chi connectivity index (χ3n) is 4.03. The molecular formula is C15H21NO2S. The maximum atomic E-state index is 6.30. The number of thioether (sulfide) groups is 1. The van der Waals surface area contributed by atoms with E-state index in [4.69, 9.17) is 15.2 Å². The minimum atomic E-state index is -0.351. The molecule has 2 aliphatic rings. The Morgan fingerprint density at radius 3 is 2.74 bits per heavy atom. The van der Waals surface area contributed by atoms with Crippen LogP contribution in [-0.2, 0) is 9.47 Å². The largest absolute Gasteiger partial charge is 0.347 e. The Bertz CT molecular complexity index is 446. The zero-order valence-electron chi connectivity index (χ0n) is 11.3. The van der Waals surface area contributed by atoms with Crippen molar-refractivity contribution in [2.75, 3.05) is 13.2 Å². The first-order valence-electron chi connectivity index (χ1n) is 6.94. The highest BCUT2D eigenvalue weighted by atomic mass is 32.2. The van der Waals surface area contributed by atoms with Crippen molar-refractivity contribution in [3.8, 4) is 0 Å². The highest BCUT2D eigenvalue weighted by Gasteiger charge is 2.44. The van der Waals surface area contributed by atoms with Crippen LogP contribution >= 0.6 is 11.8 Å². The van der Waals surface area contributed by atoms with Crippen LogP contribution in [0.25, 0.3) is 0 Å². The molecule has 104 valence electrons. The highest BCUT2D eigenvalue weighted by molar-refractivity contribution is 8.00. The number of rotatable bonds is 2. The Morgan fingerprint density at radius 1 is 1.26 bits per heavy atom. The Labute approximate surface area is 118 Å².